The topological polar surface area (TPSA) is 84.2 Å². The van der Waals surface area contributed by atoms with E-state index in [1.54, 1.807) is 6.33 Å². The summed E-state index contributed by atoms with van der Waals surface area (Å²) in [6.07, 6.45) is 3.23. The van der Waals surface area contributed by atoms with E-state index in [1.165, 1.54) is 22.8 Å². The molecule has 0 amide bonds. The van der Waals surface area contributed by atoms with Gasteiger partial charge in [0.25, 0.3) is 0 Å². The normalized spacial score (nSPS) is 15.6. The summed E-state index contributed by atoms with van der Waals surface area (Å²) in [5.74, 6) is 0.991. The fraction of sp³-hybridized carbons (Fsp3) is 0.316. The van der Waals surface area contributed by atoms with Gasteiger partial charge in [0.05, 0.1) is 10.6 Å². The molecule has 1 aromatic carbocycles. The summed E-state index contributed by atoms with van der Waals surface area (Å²) in [7, 11) is -3.64. The molecule has 0 N–H and O–H groups in total. The molecule has 4 rings (SSSR count). The van der Waals surface area contributed by atoms with Crippen molar-refractivity contribution < 1.29 is 12.8 Å². The molecular formula is C19H21FN6O2S. The highest BCUT2D eigenvalue weighted by Crippen LogP contribution is 2.21. The van der Waals surface area contributed by atoms with E-state index in [9.17, 15) is 12.8 Å². The maximum atomic E-state index is 13.1. The Kier molecular flexibility index (Phi) is 5.05. The number of hydrogen-bond donors (Lipinski definition) is 0. The summed E-state index contributed by atoms with van der Waals surface area (Å²) >= 11 is 0. The second kappa shape index (κ2) is 7.53. The minimum atomic E-state index is -3.64. The number of halogens is 1. The van der Waals surface area contributed by atoms with Crippen LogP contribution in [-0.4, -0.2) is 58.4 Å². The summed E-state index contributed by atoms with van der Waals surface area (Å²) in [4.78, 5) is 15.1. The van der Waals surface area contributed by atoms with E-state index in [4.69, 9.17) is 0 Å². The van der Waals surface area contributed by atoms with Gasteiger partial charge in [0, 0.05) is 37.9 Å². The van der Waals surface area contributed by atoms with Crippen LogP contribution < -0.4 is 4.90 Å². The van der Waals surface area contributed by atoms with Crippen molar-refractivity contribution in [2.24, 2.45) is 0 Å². The average molecular weight is 416 g/mol. The van der Waals surface area contributed by atoms with Crippen LogP contribution in [0.1, 0.15) is 11.4 Å². The second-order valence-corrected chi connectivity index (χ2v) is 8.80. The van der Waals surface area contributed by atoms with E-state index >= 15 is 0 Å². The van der Waals surface area contributed by atoms with Crippen LogP contribution in [0.3, 0.4) is 0 Å². The van der Waals surface area contributed by atoms with Gasteiger partial charge in [-0.1, -0.05) is 0 Å². The Morgan fingerprint density at radius 2 is 1.59 bits per heavy atom. The standard InChI is InChI=1S/C19H21FN6O2S/c1-14-15(2)26(13-23-14)19-11-18(21-12-22-19)24-7-9-25(10-8-24)29(27,28)17-5-3-16(20)4-6-17/h3-6,11-13H,7-10H2,1-2H3. The molecule has 1 saturated heterocycles. The maximum absolute atomic E-state index is 13.1. The monoisotopic (exact) mass is 416 g/mol. The van der Waals surface area contributed by atoms with Gasteiger partial charge in [0.15, 0.2) is 0 Å². The van der Waals surface area contributed by atoms with Gasteiger partial charge in [0.1, 0.15) is 30.1 Å². The zero-order chi connectivity index (χ0) is 20.6. The lowest BCUT2D eigenvalue weighted by Crippen LogP contribution is -2.48. The van der Waals surface area contributed by atoms with Crippen molar-refractivity contribution in [2.45, 2.75) is 18.7 Å². The highest BCUT2D eigenvalue weighted by atomic mass is 32.2. The SMILES string of the molecule is Cc1ncn(-c2cc(N3CCN(S(=O)(=O)c4ccc(F)cc4)CC3)ncn2)c1C. The molecule has 0 atom stereocenters. The predicted molar refractivity (Wildman–Crippen MR) is 106 cm³/mol. The molecule has 1 fully saturated rings. The molecule has 152 valence electrons. The summed E-state index contributed by atoms with van der Waals surface area (Å²) in [5, 5.41) is 0. The Labute approximate surface area is 168 Å². The molecule has 1 aliphatic rings. The van der Waals surface area contributed by atoms with Crippen LogP contribution in [0.25, 0.3) is 5.82 Å². The van der Waals surface area contributed by atoms with Crippen LogP contribution in [0.4, 0.5) is 10.2 Å². The quantitative estimate of drug-likeness (QED) is 0.646. The molecule has 0 saturated carbocycles. The van der Waals surface area contributed by atoms with Crippen LogP contribution in [0.2, 0.25) is 0 Å². The molecule has 29 heavy (non-hydrogen) atoms. The van der Waals surface area contributed by atoms with Gasteiger partial charge in [-0.25, -0.2) is 27.8 Å². The summed E-state index contributed by atoms with van der Waals surface area (Å²) < 4.78 is 42.0. The molecule has 0 aliphatic carbocycles. The lowest BCUT2D eigenvalue weighted by molar-refractivity contribution is 0.383. The van der Waals surface area contributed by atoms with Gasteiger partial charge in [-0.3, -0.25) is 4.57 Å². The minimum Gasteiger partial charge on any atom is -0.354 e. The van der Waals surface area contributed by atoms with E-state index in [-0.39, 0.29) is 4.90 Å². The van der Waals surface area contributed by atoms with E-state index in [1.807, 2.05) is 29.4 Å². The Balaban J connectivity index is 1.49. The molecule has 0 bridgehead atoms. The summed E-state index contributed by atoms with van der Waals surface area (Å²) in [6, 6.07) is 6.78. The zero-order valence-electron chi connectivity index (χ0n) is 16.2. The molecule has 0 unspecified atom stereocenters. The van der Waals surface area contributed by atoms with Crippen LogP contribution in [-0.2, 0) is 10.0 Å². The van der Waals surface area contributed by atoms with Crippen LogP contribution in [0.15, 0.2) is 47.9 Å². The van der Waals surface area contributed by atoms with E-state index in [0.29, 0.717) is 26.2 Å². The number of piperazine rings is 1. The second-order valence-electron chi connectivity index (χ2n) is 6.86. The molecule has 3 heterocycles. The number of aromatic nitrogens is 4. The first-order valence-electron chi connectivity index (χ1n) is 9.20. The number of hydrogen-bond acceptors (Lipinski definition) is 6. The Bertz CT molecular complexity index is 1120. The van der Waals surface area contributed by atoms with Crippen molar-refractivity contribution in [3.63, 3.8) is 0 Å². The van der Waals surface area contributed by atoms with Gasteiger partial charge in [-0.05, 0) is 38.1 Å². The molecular weight excluding hydrogens is 395 g/mol. The highest BCUT2D eigenvalue weighted by molar-refractivity contribution is 7.89. The maximum Gasteiger partial charge on any atom is 0.243 e. The Morgan fingerprint density at radius 3 is 2.21 bits per heavy atom. The third kappa shape index (κ3) is 3.73. The molecule has 1 aliphatic heterocycles. The largest absolute Gasteiger partial charge is 0.354 e. The van der Waals surface area contributed by atoms with Crippen LogP contribution in [0.5, 0.6) is 0 Å². The fourth-order valence-corrected chi connectivity index (χ4v) is 4.71. The minimum absolute atomic E-state index is 0.0997. The predicted octanol–water partition coefficient (Wildman–Crippen LogP) is 1.93. The van der Waals surface area contributed by atoms with E-state index in [0.717, 1.165) is 35.2 Å². The van der Waals surface area contributed by atoms with Crippen molar-refractivity contribution in [2.75, 3.05) is 31.1 Å². The van der Waals surface area contributed by atoms with Crippen molar-refractivity contribution in [3.8, 4) is 5.82 Å². The third-order valence-electron chi connectivity index (χ3n) is 5.15. The average Bonchev–Trinajstić information content (AvgIpc) is 3.07. The summed E-state index contributed by atoms with van der Waals surface area (Å²) in [6.45, 7) is 5.56. The van der Waals surface area contributed by atoms with Crippen LogP contribution >= 0.6 is 0 Å². The molecule has 8 nitrogen and oxygen atoms in total. The van der Waals surface area contributed by atoms with Crippen molar-refractivity contribution in [1.82, 2.24) is 23.8 Å². The molecule has 10 heteroatoms. The number of benzene rings is 1. The van der Waals surface area contributed by atoms with Crippen molar-refractivity contribution in [1.29, 1.82) is 0 Å². The number of sulfonamides is 1. The smallest absolute Gasteiger partial charge is 0.243 e. The first-order valence-corrected chi connectivity index (χ1v) is 10.6. The van der Waals surface area contributed by atoms with E-state index in [2.05, 4.69) is 15.0 Å². The van der Waals surface area contributed by atoms with Crippen molar-refractivity contribution >= 4 is 15.8 Å². The Morgan fingerprint density at radius 1 is 0.931 bits per heavy atom. The number of rotatable bonds is 4. The van der Waals surface area contributed by atoms with Gasteiger partial charge >= 0.3 is 0 Å². The third-order valence-corrected chi connectivity index (χ3v) is 7.06. The fourth-order valence-electron chi connectivity index (χ4n) is 3.28. The lowest BCUT2D eigenvalue weighted by atomic mass is 10.3. The number of anilines is 1. The molecule has 0 spiro atoms. The van der Waals surface area contributed by atoms with E-state index < -0.39 is 15.8 Å². The first-order chi connectivity index (χ1) is 13.9. The zero-order valence-corrected chi connectivity index (χ0v) is 17.0. The lowest BCUT2D eigenvalue weighted by Gasteiger charge is -2.34. The van der Waals surface area contributed by atoms with Gasteiger partial charge < -0.3 is 4.90 Å². The number of aryl methyl sites for hydroxylation is 1. The summed E-state index contributed by atoms with van der Waals surface area (Å²) in [5.41, 5.74) is 1.94. The van der Waals surface area contributed by atoms with Gasteiger partial charge in [-0.15, -0.1) is 0 Å². The van der Waals surface area contributed by atoms with Gasteiger partial charge in [-0.2, -0.15) is 4.31 Å². The first kappa shape index (κ1) is 19.5. The van der Waals surface area contributed by atoms with Crippen molar-refractivity contribution in [3.05, 3.63) is 60.2 Å². The van der Waals surface area contributed by atoms with Crippen LogP contribution in [0, 0.1) is 19.7 Å². The Hall–Kier alpha value is -2.85. The highest BCUT2D eigenvalue weighted by Gasteiger charge is 2.29. The molecule has 0 radical (unpaired) electrons. The van der Waals surface area contributed by atoms with Gasteiger partial charge in [0.2, 0.25) is 10.0 Å². The molecule has 2 aromatic heterocycles. The molecule has 3 aromatic rings. The number of imidazole rings is 1. The number of nitrogens with zero attached hydrogens (tertiary/aromatic N) is 6.